The van der Waals surface area contributed by atoms with Crippen LogP contribution in [0.15, 0.2) is 12.1 Å². The zero-order chi connectivity index (χ0) is 16.2. The van der Waals surface area contributed by atoms with E-state index in [1.807, 2.05) is 0 Å². The second kappa shape index (κ2) is 11.5. The summed E-state index contributed by atoms with van der Waals surface area (Å²) in [7, 11) is 0. The third kappa shape index (κ3) is 6.00. The normalized spacial score (nSPS) is 10.9. The van der Waals surface area contributed by atoms with Gasteiger partial charge in [-0.1, -0.05) is 46.1 Å². The van der Waals surface area contributed by atoms with Crippen molar-refractivity contribution in [2.24, 2.45) is 0 Å². The van der Waals surface area contributed by atoms with Gasteiger partial charge in [0.05, 0.1) is 0 Å². The standard InChI is InChI=1S/C20H33O2/c1-4-7-10-17-13-14-20(22-16-15-21)19(12-9-6-3)18(17)11-8-5-2/h13-14H,4-12,15-16H2,1-3H3. The third-order valence-electron chi connectivity index (χ3n) is 4.19. The molecule has 0 aromatic heterocycles. The lowest BCUT2D eigenvalue weighted by atomic mass is 9.90. The molecule has 125 valence electrons. The van der Waals surface area contributed by atoms with Crippen molar-refractivity contribution in [2.75, 3.05) is 13.2 Å². The van der Waals surface area contributed by atoms with E-state index >= 15 is 0 Å². The lowest BCUT2D eigenvalue weighted by molar-refractivity contribution is 0.137. The molecular formula is C20H33O2. The fourth-order valence-corrected chi connectivity index (χ4v) is 2.90. The summed E-state index contributed by atoms with van der Waals surface area (Å²) in [5, 5.41) is 10.8. The van der Waals surface area contributed by atoms with Crippen molar-refractivity contribution in [3.63, 3.8) is 0 Å². The second-order valence-corrected chi connectivity index (χ2v) is 6.04. The molecule has 2 nitrogen and oxygen atoms in total. The molecule has 2 heteroatoms. The lowest BCUT2D eigenvalue weighted by Gasteiger charge is -2.19. The molecular weight excluding hydrogens is 272 g/mol. The Kier molecular flexibility index (Phi) is 9.98. The van der Waals surface area contributed by atoms with Crippen LogP contribution in [0.5, 0.6) is 5.75 Å². The summed E-state index contributed by atoms with van der Waals surface area (Å²) in [4.78, 5) is 0. The molecule has 0 amide bonds. The van der Waals surface area contributed by atoms with E-state index in [9.17, 15) is 5.11 Å². The van der Waals surface area contributed by atoms with E-state index in [1.54, 1.807) is 0 Å². The lowest BCUT2D eigenvalue weighted by Crippen LogP contribution is -2.08. The first-order chi connectivity index (χ1) is 10.8. The number of aryl methyl sites for hydroxylation is 1. The number of unbranched alkanes of at least 4 members (excludes halogenated alkanes) is 3. The van der Waals surface area contributed by atoms with Gasteiger partial charge >= 0.3 is 0 Å². The predicted octanol–water partition coefficient (Wildman–Crippen LogP) is 5.52. The monoisotopic (exact) mass is 305 g/mol. The van der Waals surface area contributed by atoms with Gasteiger partial charge in [0, 0.05) is 0 Å². The van der Waals surface area contributed by atoms with Crippen molar-refractivity contribution in [3.8, 4) is 5.75 Å². The topological polar surface area (TPSA) is 29.1 Å². The summed E-state index contributed by atoms with van der Waals surface area (Å²) in [5.74, 6) is 0.954. The van der Waals surface area contributed by atoms with Crippen LogP contribution >= 0.6 is 0 Å². The van der Waals surface area contributed by atoms with Crippen LogP contribution in [0.3, 0.4) is 0 Å². The minimum absolute atomic E-state index is 0.172. The van der Waals surface area contributed by atoms with Crippen LogP contribution in [0.1, 0.15) is 76.0 Å². The smallest absolute Gasteiger partial charge is 0.122 e. The molecule has 1 rings (SSSR count). The van der Waals surface area contributed by atoms with Crippen molar-refractivity contribution < 1.29 is 9.84 Å². The van der Waals surface area contributed by atoms with Gasteiger partial charge < -0.3 is 4.74 Å². The van der Waals surface area contributed by atoms with Crippen molar-refractivity contribution in [1.29, 1.82) is 0 Å². The number of hydrogen-bond acceptors (Lipinski definition) is 1. The van der Waals surface area contributed by atoms with E-state index < -0.39 is 0 Å². The minimum atomic E-state index is -0.172. The highest BCUT2D eigenvalue weighted by Gasteiger charge is 2.14. The largest absolute Gasteiger partial charge is 0.491 e. The third-order valence-corrected chi connectivity index (χ3v) is 4.19. The van der Waals surface area contributed by atoms with Crippen molar-refractivity contribution in [2.45, 2.75) is 78.6 Å². The Morgan fingerprint density at radius 1 is 0.818 bits per heavy atom. The van der Waals surface area contributed by atoms with Gasteiger partial charge in [-0.2, -0.15) is 0 Å². The average Bonchev–Trinajstić information content (AvgIpc) is 2.55. The van der Waals surface area contributed by atoms with E-state index in [0.717, 1.165) is 25.0 Å². The predicted molar refractivity (Wildman–Crippen MR) is 93.3 cm³/mol. The van der Waals surface area contributed by atoms with Gasteiger partial charge in [0.1, 0.15) is 19.0 Å². The van der Waals surface area contributed by atoms with Gasteiger partial charge in [0.25, 0.3) is 0 Å². The summed E-state index contributed by atoms with van der Waals surface area (Å²) in [5.41, 5.74) is 4.38. The Hall–Kier alpha value is -1.02. The highest BCUT2D eigenvalue weighted by atomic mass is 16.5. The molecule has 22 heavy (non-hydrogen) atoms. The number of benzene rings is 1. The van der Waals surface area contributed by atoms with Crippen LogP contribution < -0.4 is 4.74 Å². The SMILES string of the molecule is CCCCc1ccc(OCC[O])c(CCCC)c1CCCC. The zero-order valence-corrected chi connectivity index (χ0v) is 14.7. The molecule has 0 aliphatic carbocycles. The maximum absolute atomic E-state index is 10.8. The zero-order valence-electron chi connectivity index (χ0n) is 14.7. The first kappa shape index (κ1) is 19.0. The maximum Gasteiger partial charge on any atom is 0.122 e. The van der Waals surface area contributed by atoms with Gasteiger partial charge in [0.2, 0.25) is 0 Å². The molecule has 0 fully saturated rings. The summed E-state index contributed by atoms with van der Waals surface area (Å²) < 4.78 is 5.75. The molecule has 0 heterocycles. The van der Waals surface area contributed by atoms with E-state index in [0.29, 0.717) is 0 Å². The molecule has 0 spiro atoms. The molecule has 1 radical (unpaired) electrons. The molecule has 0 unspecified atom stereocenters. The molecule has 0 aliphatic rings. The van der Waals surface area contributed by atoms with E-state index in [2.05, 4.69) is 32.9 Å². The van der Waals surface area contributed by atoms with E-state index in [4.69, 9.17) is 4.74 Å². The highest BCUT2D eigenvalue weighted by Crippen LogP contribution is 2.30. The molecule has 0 saturated carbocycles. The molecule has 0 bridgehead atoms. The first-order valence-electron chi connectivity index (χ1n) is 9.12. The van der Waals surface area contributed by atoms with Crippen LogP contribution in [-0.2, 0) is 24.4 Å². The van der Waals surface area contributed by atoms with Crippen LogP contribution in [0.25, 0.3) is 0 Å². The summed E-state index contributed by atoms with van der Waals surface area (Å²) in [6.45, 7) is 6.82. The van der Waals surface area contributed by atoms with Gasteiger partial charge in [-0.3, -0.25) is 0 Å². The second-order valence-electron chi connectivity index (χ2n) is 6.04. The Morgan fingerprint density at radius 3 is 2.00 bits per heavy atom. The van der Waals surface area contributed by atoms with Crippen molar-refractivity contribution in [3.05, 3.63) is 28.8 Å². The summed E-state index contributed by atoms with van der Waals surface area (Å²) in [6.07, 6.45) is 10.7. The van der Waals surface area contributed by atoms with E-state index in [-0.39, 0.29) is 13.2 Å². The number of rotatable bonds is 12. The summed E-state index contributed by atoms with van der Waals surface area (Å²) >= 11 is 0. The number of hydrogen-bond donors (Lipinski definition) is 0. The fraction of sp³-hybridized carbons (Fsp3) is 0.700. The van der Waals surface area contributed by atoms with Crippen LogP contribution in [-0.4, -0.2) is 13.2 Å². The fourth-order valence-electron chi connectivity index (χ4n) is 2.90. The van der Waals surface area contributed by atoms with Crippen molar-refractivity contribution in [1.82, 2.24) is 0 Å². The Balaban J connectivity index is 3.11. The quantitative estimate of drug-likeness (QED) is 0.499. The molecule has 1 aromatic rings. The van der Waals surface area contributed by atoms with Crippen molar-refractivity contribution >= 4 is 0 Å². The molecule has 0 aliphatic heterocycles. The average molecular weight is 305 g/mol. The van der Waals surface area contributed by atoms with Gasteiger partial charge in [0.15, 0.2) is 0 Å². The first-order valence-corrected chi connectivity index (χ1v) is 9.12. The molecule has 1 aromatic carbocycles. The highest BCUT2D eigenvalue weighted by molar-refractivity contribution is 5.46. The Labute approximate surface area is 136 Å². The summed E-state index contributed by atoms with van der Waals surface area (Å²) in [6, 6.07) is 4.33. The minimum Gasteiger partial charge on any atom is -0.491 e. The van der Waals surface area contributed by atoms with E-state index in [1.165, 1.54) is 55.2 Å². The maximum atomic E-state index is 10.8. The Morgan fingerprint density at radius 2 is 1.41 bits per heavy atom. The van der Waals surface area contributed by atoms with Gasteiger partial charge in [-0.05, 0) is 61.3 Å². The van der Waals surface area contributed by atoms with Crippen LogP contribution in [0.4, 0.5) is 0 Å². The molecule has 0 N–H and O–H groups in total. The molecule has 0 saturated heterocycles. The van der Waals surface area contributed by atoms with Gasteiger partial charge in [-0.25, -0.2) is 5.11 Å². The number of ether oxygens (including phenoxy) is 1. The van der Waals surface area contributed by atoms with Crippen LogP contribution in [0, 0.1) is 0 Å². The van der Waals surface area contributed by atoms with Crippen LogP contribution in [0.2, 0.25) is 0 Å². The van der Waals surface area contributed by atoms with Gasteiger partial charge in [-0.15, -0.1) is 0 Å². The molecule has 0 atom stereocenters. The Bertz CT molecular complexity index is 373.